The Morgan fingerprint density at radius 2 is 1.75 bits per heavy atom. The normalized spacial score (nSPS) is 20.1. The van der Waals surface area contributed by atoms with Crippen molar-refractivity contribution in [3.63, 3.8) is 0 Å². The number of rotatable bonds is 4. The number of carbonyl (C=O) groups excluding carboxylic acids is 1. The van der Waals surface area contributed by atoms with Gasteiger partial charge in [-0.1, -0.05) is 0 Å². The van der Waals surface area contributed by atoms with Crippen molar-refractivity contribution in [3.05, 3.63) is 33.8 Å². The van der Waals surface area contributed by atoms with Gasteiger partial charge in [0.15, 0.2) is 0 Å². The predicted molar refractivity (Wildman–Crippen MR) is 89.5 cm³/mol. The Morgan fingerprint density at radius 3 is 2.25 bits per heavy atom. The van der Waals surface area contributed by atoms with Crippen molar-refractivity contribution in [2.45, 2.75) is 51.1 Å². The number of benzene rings is 1. The van der Waals surface area contributed by atoms with Crippen LogP contribution in [0, 0.1) is 11.6 Å². The first kappa shape index (κ1) is 19.3. The Hall–Kier alpha value is -0.985. The third-order valence-corrected chi connectivity index (χ3v) is 5.26. The minimum atomic E-state index is -0.899. The number of hydrogen-bond donors (Lipinski definition) is 0. The van der Waals surface area contributed by atoms with E-state index < -0.39 is 41.7 Å². The molecule has 0 aliphatic carbocycles. The first-order valence-corrected chi connectivity index (χ1v) is 8.34. The first-order chi connectivity index (χ1) is 11.0. The van der Waals surface area contributed by atoms with Crippen LogP contribution in [0.5, 0.6) is 0 Å². The quantitative estimate of drug-likeness (QED) is 0.432. The van der Waals surface area contributed by atoms with Crippen LogP contribution in [-0.4, -0.2) is 31.4 Å². The highest BCUT2D eigenvalue weighted by Crippen LogP contribution is 2.42. The summed E-state index contributed by atoms with van der Waals surface area (Å²) in [7, 11) is 0.339. The fraction of sp³-hybridized carbons (Fsp3) is 0.562. The van der Waals surface area contributed by atoms with Gasteiger partial charge in [-0.15, -0.1) is 0 Å². The Morgan fingerprint density at radius 1 is 1.21 bits per heavy atom. The van der Waals surface area contributed by atoms with E-state index in [0.717, 1.165) is 12.1 Å². The summed E-state index contributed by atoms with van der Waals surface area (Å²) in [6.45, 7) is 7.39. The van der Waals surface area contributed by atoms with E-state index in [1.165, 1.54) is 7.11 Å². The van der Waals surface area contributed by atoms with Gasteiger partial charge in [-0.3, -0.25) is 4.79 Å². The van der Waals surface area contributed by atoms with Crippen molar-refractivity contribution in [2.75, 3.05) is 7.11 Å². The van der Waals surface area contributed by atoms with Gasteiger partial charge in [0, 0.05) is 5.82 Å². The topological polar surface area (TPSA) is 44.8 Å². The van der Waals surface area contributed by atoms with E-state index in [4.69, 9.17) is 9.31 Å². The molecule has 1 aromatic rings. The molecular weight excluding hydrogens is 385 g/mol. The summed E-state index contributed by atoms with van der Waals surface area (Å²) >= 11 is 2.94. The molecule has 24 heavy (non-hydrogen) atoms. The molecule has 1 heterocycles. The van der Waals surface area contributed by atoms with E-state index in [2.05, 4.69) is 20.7 Å². The fourth-order valence-corrected chi connectivity index (χ4v) is 2.81. The molecule has 0 saturated carbocycles. The molecule has 132 valence electrons. The Bertz CT molecular complexity index is 635. The highest BCUT2D eigenvalue weighted by atomic mass is 79.9. The zero-order valence-corrected chi connectivity index (χ0v) is 15.9. The van der Waals surface area contributed by atoms with E-state index in [0.29, 0.717) is 0 Å². The van der Waals surface area contributed by atoms with Crippen LogP contribution in [0.3, 0.4) is 0 Å². The monoisotopic (exact) mass is 404 g/mol. The molecule has 0 amide bonds. The second kappa shape index (κ2) is 6.73. The van der Waals surface area contributed by atoms with E-state index in [-0.39, 0.29) is 16.5 Å². The summed E-state index contributed by atoms with van der Waals surface area (Å²) in [6.07, 6.45) is -0.189. The third-order valence-electron chi connectivity index (χ3n) is 4.65. The predicted octanol–water partition coefficient (Wildman–Crippen LogP) is 4.01. The van der Waals surface area contributed by atoms with Crippen LogP contribution in [0.15, 0.2) is 16.6 Å². The van der Waals surface area contributed by atoms with Gasteiger partial charge < -0.3 is 14.0 Å². The van der Waals surface area contributed by atoms with Crippen LogP contribution < -0.4 is 0 Å². The van der Waals surface area contributed by atoms with Gasteiger partial charge in [0.1, 0.15) is 11.6 Å². The Kier molecular flexibility index (Phi) is 5.42. The molecule has 1 saturated heterocycles. The largest absolute Gasteiger partial charge is 0.469 e. The maximum atomic E-state index is 14.4. The van der Waals surface area contributed by atoms with Gasteiger partial charge in [-0.2, -0.15) is 0 Å². The van der Waals surface area contributed by atoms with Gasteiger partial charge in [-0.25, -0.2) is 8.78 Å². The van der Waals surface area contributed by atoms with Gasteiger partial charge in [0.2, 0.25) is 0 Å². The van der Waals surface area contributed by atoms with Gasteiger partial charge >= 0.3 is 13.1 Å². The lowest BCUT2D eigenvalue weighted by Gasteiger charge is -2.32. The van der Waals surface area contributed by atoms with Crippen LogP contribution in [-0.2, 0) is 18.8 Å². The summed E-state index contributed by atoms with van der Waals surface area (Å²) in [4.78, 5) is 11.8. The van der Waals surface area contributed by atoms with E-state index >= 15 is 0 Å². The van der Waals surface area contributed by atoms with Crippen molar-refractivity contribution in [1.29, 1.82) is 0 Å². The van der Waals surface area contributed by atoms with Crippen LogP contribution in [0.25, 0.3) is 0 Å². The van der Waals surface area contributed by atoms with Crippen molar-refractivity contribution in [1.82, 2.24) is 0 Å². The lowest BCUT2D eigenvalue weighted by Crippen LogP contribution is -2.41. The summed E-state index contributed by atoms with van der Waals surface area (Å²) in [5, 5.41) is 0. The SMILES string of the molecule is COC(=O)CC(B1OC(C)(C)C(C)(C)O1)c1cc(F)c(Br)cc1F. The average Bonchev–Trinajstić information content (AvgIpc) is 2.68. The zero-order valence-electron chi connectivity index (χ0n) is 14.3. The lowest BCUT2D eigenvalue weighted by atomic mass is 9.66. The second-order valence-electron chi connectivity index (χ2n) is 6.80. The Labute approximate surface area is 149 Å². The third kappa shape index (κ3) is 3.65. The summed E-state index contributed by atoms with van der Waals surface area (Å²) in [5.41, 5.74) is -1.30. The maximum Gasteiger partial charge on any atom is 0.466 e. The smallest absolute Gasteiger partial charge is 0.466 e. The average molecular weight is 405 g/mol. The number of hydrogen-bond acceptors (Lipinski definition) is 4. The molecule has 0 spiro atoms. The van der Waals surface area contributed by atoms with E-state index in [1.807, 2.05) is 27.7 Å². The second-order valence-corrected chi connectivity index (χ2v) is 7.65. The first-order valence-electron chi connectivity index (χ1n) is 7.55. The number of carbonyl (C=O) groups is 1. The maximum absolute atomic E-state index is 14.4. The molecule has 8 heteroatoms. The van der Waals surface area contributed by atoms with E-state index in [1.54, 1.807) is 0 Å². The molecule has 1 aliphatic rings. The Balaban J connectivity index is 2.44. The molecule has 0 radical (unpaired) electrons. The molecule has 4 nitrogen and oxygen atoms in total. The molecule has 1 fully saturated rings. The number of ether oxygens (including phenoxy) is 1. The van der Waals surface area contributed by atoms with Gasteiger partial charge in [-0.05, 0) is 61.3 Å². The molecule has 0 N–H and O–H groups in total. The fourth-order valence-electron chi connectivity index (χ4n) is 2.49. The highest BCUT2D eigenvalue weighted by molar-refractivity contribution is 9.10. The van der Waals surface area contributed by atoms with Gasteiger partial charge in [0.05, 0.1) is 29.2 Å². The summed E-state index contributed by atoms with van der Waals surface area (Å²) in [6, 6.07) is 2.08. The van der Waals surface area contributed by atoms with Crippen LogP contribution in [0.4, 0.5) is 8.78 Å². The standard InChI is InChI=1S/C16H20BBrF2O4/c1-15(2)16(3,4)24-17(23-15)10(7-14(21)22-5)9-6-13(20)11(18)8-12(9)19/h6,8,10H,7H2,1-5H3. The van der Waals surface area contributed by atoms with Crippen LogP contribution in [0.1, 0.15) is 45.5 Å². The van der Waals surface area contributed by atoms with Crippen molar-refractivity contribution in [3.8, 4) is 0 Å². The van der Waals surface area contributed by atoms with Crippen molar-refractivity contribution < 1.29 is 27.6 Å². The summed E-state index contributed by atoms with van der Waals surface area (Å²) < 4.78 is 44.9. The lowest BCUT2D eigenvalue weighted by molar-refractivity contribution is -0.140. The number of halogens is 3. The zero-order chi connectivity index (χ0) is 18.3. The number of methoxy groups -OCH3 is 1. The molecule has 1 unspecified atom stereocenters. The van der Waals surface area contributed by atoms with Crippen molar-refractivity contribution >= 4 is 29.0 Å². The minimum absolute atomic E-state index is 0.00878. The number of esters is 1. The highest BCUT2D eigenvalue weighted by Gasteiger charge is 2.54. The molecular formula is C16H20BBrF2O4. The van der Waals surface area contributed by atoms with Crippen LogP contribution >= 0.6 is 15.9 Å². The van der Waals surface area contributed by atoms with Crippen LogP contribution in [0.2, 0.25) is 0 Å². The molecule has 1 aromatic carbocycles. The van der Waals surface area contributed by atoms with Crippen molar-refractivity contribution in [2.24, 2.45) is 0 Å². The minimum Gasteiger partial charge on any atom is -0.469 e. The molecule has 1 atom stereocenters. The summed E-state index contributed by atoms with van der Waals surface area (Å²) in [5.74, 6) is -2.66. The molecule has 0 bridgehead atoms. The van der Waals surface area contributed by atoms with E-state index in [9.17, 15) is 13.6 Å². The molecule has 0 aromatic heterocycles. The van der Waals surface area contributed by atoms with Gasteiger partial charge in [0.25, 0.3) is 0 Å². The molecule has 2 rings (SSSR count). The molecule has 1 aliphatic heterocycles.